The van der Waals surface area contributed by atoms with Gasteiger partial charge in [-0.25, -0.2) is 9.97 Å². The van der Waals surface area contributed by atoms with Crippen molar-refractivity contribution in [1.29, 1.82) is 0 Å². The Labute approximate surface area is 158 Å². The van der Waals surface area contributed by atoms with Crippen molar-refractivity contribution in [2.24, 2.45) is 0 Å². The zero-order chi connectivity index (χ0) is 18.3. The van der Waals surface area contributed by atoms with E-state index in [2.05, 4.69) is 65.9 Å². The zero-order valence-electron chi connectivity index (χ0n) is 15.6. The highest BCUT2D eigenvalue weighted by Crippen LogP contribution is 2.33. The highest BCUT2D eigenvalue weighted by molar-refractivity contribution is 7.18. The van der Waals surface area contributed by atoms with Gasteiger partial charge in [0.05, 0.1) is 11.4 Å². The van der Waals surface area contributed by atoms with E-state index in [9.17, 15) is 0 Å². The van der Waals surface area contributed by atoms with Crippen LogP contribution in [0.2, 0.25) is 0 Å². The van der Waals surface area contributed by atoms with E-state index in [0.29, 0.717) is 5.82 Å². The van der Waals surface area contributed by atoms with E-state index in [-0.39, 0.29) is 6.04 Å². The quantitative estimate of drug-likeness (QED) is 0.763. The predicted molar refractivity (Wildman–Crippen MR) is 110 cm³/mol. The van der Waals surface area contributed by atoms with Gasteiger partial charge in [0, 0.05) is 36.7 Å². The number of anilines is 2. The largest absolute Gasteiger partial charge is 0.383 e. The molecule has 1 aliphatic heterocycles. The van der Waals surface area contributed by atoms with Gasteiger partial charge >= 0.3 is 0 Å². The van der Waals surface area contributed by atoms with Crippen molar-refractivity contribution in [2.75, 3.05) is 36.8 Å². The van der Waals surface area contributed by atoms with E-state index < -0.39 is 0 Å². The monoisotopic (exact) mass is 367 g/mol. The highest BCUT2D eigenvalue weighted by Gasteiger charge is 2.25. The van der Waals surface area contributed by atoms with Crippen LogP contribution in [0.3, 0.4) is 0 Å². The summed E-state index contributed by atoms with van der Waals surface area (Å²) in [4.78, 5) is 16.7. The Morgan fingerprint density at radius 3 is 2.42 bits per heavy atom. The molecule has 0 radical (unpaired) electrons. The van der Waals surface area contributed by atoms with Crippen molar-refractivity contribution < 1.29 is 0 Å². The molecule has 3 heterocycles. The molecule has 0 bridgehead atoms. The summed E-state index contributed by atoms with van der Waals surface area (Å²) in [6, 6.07) is 10.8. The minimum atomic E-state index is 0.169. The van der Waals surface area contributed by atoms with Gasteiger partial charge in [0.1, 0.15) is 16.5 Å². The number of fused-ring (bicyclic) bond motifs is 1. The first-order valence-corrected chi connectivity index (χ1v) is 9.93. The number of piperazine rings is 1. The number of aryl methyl sites for hydroxylation is 2. The lowest BCUT2D eigenvalue weighted by Gasteiger charge is -2.38. The fourth-order valence-electron chi connectivity index (χ4n) is 3.65. The van der Waals surface area contributed by atoms with Crippen LogP contribution < -0.4 is 10.6 Å². The Morgan fingerprint density at radius 2 is 1.73 bits per heavy atom. The van der Waals surface area contributed by atoms with E-state index in [1.54, 1.807) is 11.3 Å². The molecule has 136 valence electrons. The zero-order valence-corrected chi connectivity index (χ0v) is 16.4. The number of hydrogen-bond donors (Lipinski definition) is 1. The predicted octanol–water partition coefficient (Wildman–Crippen LogP) is 3.77. The fraction of sp³-hybridized carbons (Fsp3) is 0.400. The summed E-state index contributed by atoms with van der Waals surface area (Å²) in [6.45, 7) is 10.4. The Kier molecular flexibility index (Phi) is 4.54. The third kappa shape index (κ3) is 3.04. The summed E-state index contributed by atoms with van der Waals surface area (Å²) < 4.78 is 0. The normalized spacial score (nSPS) is 17.0. The van der Waals surface area contributed by atoms with Crippen LogP contribution in [0.5, 0.6) is 0 Å². The van der Waals surface area contributed by atoms with Gasteiger partial charge in [-0.3, -0.25) is 4.90 Å². The molecule has 1 aromatic carbocycles. The standard InChI is InChI=1S/C20H25N5S/c1-13-15(3)26-20-17(13)18(21)22-19(23-20)14(2)24-9-11-25(12-10-24)16-7-5-4-6-8-16/h4-8,14H,9-12H2,1-3H3,(H2,21,22,23). The van der Waals surface area contributed by atoms with Crippen LogP contribution in [0.4, 0.5) is 11.5 Å². The molecule has 0 aliphatic carbocycles. The molecule has 1 unspecified atom stereocenters. The highest BCUT2D eigenvalue weighted by atomic mass is 32.1. The number of aromatic nitrogens is 2. The van der Waals surface area contributed by atoms with E-state index in [1.165, 1.54) is 16.1 Å². The topological polar surface area (TPSA) is 58.3 Å². The van der Waals surface area contributed by atoms with Crippen molar-refractivity contribution in [3.8, 4) is 0 Å². The van der Waals surface area contributed by atoms with Crippen LogP contribution in [0.25, 0.3) is 10.2 Å². The van der Waals surface area contributed by atoms with Crippen molar-refractivity contribution in [3.05, 3.63) is 46.6 Å². The number of rotatable bonds is 3. The smallest absolute Gasteiger partial charge is 0.149 e. The number of nitrogens with two attached hydrogens (primary N) is 1. The summed E-state index contributed by atoms with van der Waals surface area (Å²) in [5.74, 6) is 1.45. The Morgan fingerprint density at radius 1 is 1.04 bits per heavy atom. The third-order valence-corrected chi connectivity index (χ3v) is 6.53. The number of thiophene rings is 1. The van der Waals surface area contributed by atoms with E-state index in [0.717, 1.165) is 42.2 Å². The Balaban J connectivity index is 1.52. The van der Waals surface area contributed by atoms with Crippen molar-refractivity contribution in [2.45, 2.75) is 26.8 Å². The molecule has 5 nitrogen and oxygen atoms in total. The van der Waals surface area contributed by atoms with Crippen LogP contribution >= 0.6 is 11.3 Å². The van der Waals surface area contributed by atoms with Gasteiger partial charge in [-0.15, -0.1) is 11.3 Å². The number of para-hydroxylation sites is 1. The first kappa shape index (κ1) is 17.2. The van der Waals surface area contributed by atoms with Gasteiger partial charge in [0.25, 0.3) is 0 Å². The molecule has 0 amide bonds. The Bertz CT molecular complexity index is 913. The average Bonchev–Trinajstić information content (AvgIpc) is 2.96. The maximum absolute atomic E-state index is 6.27. The molecular formula is C20H25N5S. The molecule has 1 aliphatic rings. The SMILES string of the molecule is Cc1sc2nc(C(C)N3CCN(c4ccccc4)CC3)nc(N)c2c1C. The third-order valence-electron chi connectivity index (χ3n) is 5.43. The van der Waals surface area contributed by atoms with Gasteiger partial charge in [-0.05, 0) is 38.5 Å². The molecule has 0 saturated carbocycles. The molecule has 1 fully saturated rings. The summed E-state index contributed by atoms with van der Waals surface area (Å²) in [7, 11) is 0. The average molecular weight is 368 g/mol. The van der Waals surface area contributed by atoms with Gasteiger partial charge in [-0.2, -0.15) is 0 Å². The van der Waals surface area contributed by atoms with Crippen LogP contribution in [0.1, 0.15) is 29.2 Å². The van der Waals surface area contributed by atoms with E-state index >= 15 is 0 Å². The molecular weight excluding hydrogens is 342 g/mol. The summed E-state index contributed by atoms with van der Waals surface area (Å²) in [6.07, 6.45) is 0. The molecule has 3 aromatic rings. The lowest BCUT2D eigenvalue weighted by Crippen LogP contribution is -2.47. The molecule has 6 heteroatoms. The molecule has 4 rings (SSSR count). The van der Waals surface area contributed by atoms with Crippen LogP contribution in [0, 0.1) is 13.8 Å². The maximum atomic E-state index is 6.27. The van der Waals surface area contributed by atoms with Crippen LogP contribution in [-0.2, 0) is 0 Å². The molecule has 0 spiro atoms. The first-order chi connectivity index (χ1) is 12.5. The molecule has 2 aromatic heterocycles. The maximum Gasteiger partial charge on any atom is 0.149 e. The van der Waals surface area contributed by atoms with Crippen molar-refractivity contribution in [3.63, 3.8) is 0 Å². The second-order valence-corrected chi connectivity index (χ2v) is 8.17. The first-order valence-electron chi connectivity index (χ1n) is 9.11. The van der Waals surface area contributed by atoms with Gasteiger partial charge in [0.2, 0.25) is 0 Å². The molecule has 26 heavy (non-hydrogen) atoms. The number of hydrogen-bond acceptors (Lipinski definition) is 6. The number of nitrogen functional groups attached to an aromatic ring is 1. The van der Waals surface area contributed by atoms with Gasteiger partial charge < -0.3 is 10.6 Å². The lowest BCUT2D eigenvalue weighted by atomic mass is 10.1. The number of benzene rings is 1. The minimum Gasteiger partial charge on any atom is -0.383 e. The number of nitrogens with zero attached hydrogens (tertiary/aromatic N) is 4. The summed E-state index contributed by atoms with van der Waals surface area (Å²) in [5.41, 5.74) is 8.77. The van der Waals surface area contributed by atoms with Crippen molar-refractivity contribution in [1.82, 2.24) is 14.9 Å². The van der Waals surface area contributed by atoms with Gasteiger partial charge in [-0.1, -0.05) is 18.2 Å². The molecule has 2 N–H and O–H groups in total. The van der Waals surface area contributed by atoms with Gasteiger partial charge in [0.15, 0.2) is 0 Å². The second kappa shape index (κ2) is 6.85. The molecule has 1 saturated heterocycles. The minimum absolute atomic E-state index is 0.169. The lowest BCUT2D eigenvalue weighted by molar-refractivity contribution is 0.192. The molecule has 1 atom stereocenters. The second-order valence-electron chi connectivity index (χ2n) is 6.96. The fourth-order valence-corrected chi connectivity index (χ4v) is 4.70. The van der Waals surface area contributed by atoms with Crippen LogP contribution in [0.15, 0.2) is 30.3 Å². The summed E-state index contributed by atoms with van der Waals surface area (Å²) >= 11 is 1.71. The van der Waals surface area contributed by atoms with E-state index in [1.807, 2.05) is 0 Å². The van der Waals surface area contributed by atoms with Crippen LogP contribution in [-0.4, -0.2) is 41.0 Å². The van der Waals surface area contributed by atoms with Crippen molar-refractivity contribution >= 4 is 33.1 Å². The summed E-state index contributed by atoms with van der Waals surface area (Å²) in [5, 5.41) is 1.03. The van der Waals surface area contributed by atoms with E-state index in [4.69, 9.17) is 10.7 Å². The Hall–Kier alpha value is -2.18.